The van der Waals surface area contributed by atoms with Crippen molar-refractivity contribution in [1.29, 1.82) is 0 Å². The highest BCUT2D eigenvalue weighted by Gasteiger charge is 2.51. The number of urea groups is 1. The minimum absolute atomic E-state index is 0.106. The Morgan fingerprint density at radius 2 is 1.76 bits per heavy atom. The quantitative estimate of drug-likeness (QED) is 0.819. The fourth-order valence-electron chi connectivity index (χ4n) is 1.94. The molecule has 0 radical (unpaired) electrons. The molecule has 1 fully saturated rings. The van der Waals surface area contributed by atoms with Crippen molar-refractivity contribution in [2.75, 3.05) is 12.4 Å². The highest BCUT2D eigenvalue weighted by Crippen LogP contribution is 2.36. The minimum atomic E-state index is -0.626. The molecule has 1 saturated heterocycles. The fraction of sp³-hybridized carbons (Fsp3) is 0.500. The van der Waals surface area contributed by atoms with Crippen LogP contribution in [0.5, 0.6) is 0 Å². The number of anilines is 1. The Balaban J connectivity index is 2.20. The van der Waals surface area contributed by atoms with Crippen molar-refractivity contribution in [1.82, 2.24) is 5.32 Å². The van der Waals surface area contributed by atoms with Gasteiger partial charge in [0.15, 0.2) is 0 Å². The van der Waals surface area contributed by atoms with Gasteiger partial charge in [-0.05, 0) is 45.3 Å². The average Bonchev–Trinajstić information content (AvgIpc) is 2.60. The van der Waals surface area contributed by atoms with Crippen LogP contribution in [-0.2, 0) is 9.31 Å². The van der Waals surface area contributed by atoms with Gasteiger partial charge in [0.1, 0.15) is 5.82 Å². The van der Waals surface area contributed by atoms with Crippen LogP contribution >= 0.6 is 0 Å². The number of nitrogens with one attached hydrogen (secondary N) is 2. The molecule has 0 atom stereocenters. The second-order valence-corrected chi connectivity index (χ2v) is 6.03. The van der Waals surface area contributed by atoms with E-state index >= 15 is 0 Å². The average molecular weight is 294 g/mol. The Bertz CT molecular complexity index is 547. The third-order valence-corrected chi connectivity index (χ3v) is 3.99. The molecule has 2 N–H and O–H groups in total. The molecular formula is C14H20BFN2O3. The molecule has 0 bridgehead atoms. The van der Waals surface area contributed by atoms with Crippen molar-refractivity contribution < 1.29 is 18.5 Å². The standard InChI is InChI=1S/C14H20BFN2O3/c1-13(2)14(3,4)21-15(20-13)9-6-7-11(10(16)8-9)18-12(19)17-5/h6-8H,1-5H3,(H2,17,18,19). The summed E-state index contributed by atoms with van der Waals surface area (Å²) in [6.07, 6.45) is 0. The lowest BCUT2D eigenvalue weighted by molar-refractivity contribution is 0.00578. The van der Waals surface area contributed by atoms with Gasteiger partial charge in [0.2, 0.25) is 0 Å². The smallest absolute Gasteiger partial charge is 0.399 e. The lowest BCUT2D eigenvalue weighted by Gasteiger charge is -2.32. The zero-order chi connectivity index (χ0) is 15.8. The fourth-order valence-corrected chi connectivity index (χ4v) is 1.94. The van der Waals surface area contributed by atoms with E-state index in [4.69, 9.17) is 9.31 Å². The van der Waals surface area contributed by atoms with E-state index in [1.165, 1.54) is 19.2 Å². The van der Waals surface area contributed by atoms with E-state index in [9.17, 15) is 9.18 Å². The number of carbonyl (C=O) groups is 1. The first-order valence-corrected chi connectivity index (χ1v) is 6.80. The summed E-state index contributed by atoms with van der Waals surface area (Å²) in [5.74, 6) is -0.536. The van der Waals surface area contributed by atoms with Gasteiger partial charge in [-0.1, -0.05) is 6.07 Å². The van der Waals surface area contributed by atoms with Crippen molar-refractivity contribution in [3.8, 4) is 0 Å². The summed E-state index contributed by atoms with van der Waals surface area (Å²) in [6, 6.07) is 4.01. The lowest BCUT2D eigenvalue weighted by atomic mass is 9.79. The molecule has 21 heavy (non-hydrogen) atoms. The van der Waals surface area contributed by atoms with Gasteiger partial charge in [0.25, 0.3) is 0 Å². The number of halogens is 1. The summed E-state index contributed by atoms with van der Waals surface area (Å²) in [4.78, 5) is 11.2. The van der Waals surface area contributed by atoms with Crippen LogP contribution in [0.1, 0.15) is 27.7 Å². The highest BCUT2D eigenvalue weighted by atomic mass is 19.1. The van der Waals surface area contributed by atoms with Gasteiger partial charge in [-0.3, -0.25) is 0 Å². The Labute approximate surface area is 124 Å². The van der Waals surface area contributed by atoms with E-state index in [2.05, 4.69) is 10.6 Å². The molecular weight excluding hydrogens is 274 g/mol. The molecule has 0 aliphatic carbocycles. The van der Waals surface area contributed by atoms with Crippen LogP contribution in [-0.4, -0.2) is 31.4 Å². The number of rotatable bonds is 2. The predicted molar refractivity (Wildman–Crippen MR) is 80.2 cm³/mol. The van der Waals surface area contributed by atoms with Crippen LogP contribution in [0, 0.1) is 5.82 Å². The van der Waals surface area contributed by atoms with Crippen LogP contribution in [0.2, 0.25) is 0 Å². The first-order chi connectivity index (χ1) is 9.66. The van der Waals surface area contributed by atoms with Crippen LogP contribution in [0.3, 0.4) is 0 Å². The normalized spacial score (nSPS) is 19.4. The molecule has 5 nitrogen and oxygen atoms in total. The summed E-state index contributed by atoms with van der Waals surface area (Å²) >= 11 is 0. The Hall–Kier alpha value is -1.60. The zero-order valence-electron chi connectivity index (χ0n) is 12.9. The van der Waals surface area contributed by atoms with Gasteiger partial charge >= 0.3 is 13.1 Å². The molecule has 1 aromatic carbocycles. The number of benzene rings is 1. The van der Waals surface area contributed by atoms with Crippen LogP contribution in [0.4, 0.5) is 14.9 Å². The summed E-state index contributed by atoms with van der Waals surface area (Å²) in [7, 11) is 0.838. The first-order valence-electron chi connectivity index (χ1n) is 6.80. The number of hydrogen-bond acceptors (Lipinski definition) is 3. The van der Waals surface area contributed by atoms with Gasteiger partial charge in [0.05, 0.1) is 16.9 Å². The number of hydrogen-bond donors (Lipinski definition) is 2. The molecule has 1 aliphatic rings. The van der Waals surface area contributed by atoms with E-state index in [0.29, 0.717) is 5.46 Å². The molecule has 114 valence electrons. The molecule has 1 aromatic rings. The maximum atomic E-state index is 14.0. The highest BCUT2D eigenvalue weighted by molar-refractivity contribution is 6.62. The minimum Gasteiger partial charge on any atom is -0.399 e. The lowest BCUT2D eigenvalue weighted by Crippen LogP contribution is -2.41. The van der Waals surface area contributed by atoms with E-state index in [-0.39, 0.29) is 5.69 Å². The SMILES string of the molecule is CNC(=O)Nc1ccc(B2OC(C)(C)C(C)(C)O2)cc1F. The van der Waals surface area contributed by atoms with Crippen LogP contribution in [0.25, 0.3) is 0 Å². The summed E-state index contributed by atoms with van der Waals surface area (Å²) in [5.41, 5.74) is -0.274. The maximum absolute atomic E-state index is 14.0. The maximum Gasteiger partial charge on any atom is 0.494 e. The molecule has 2 rings (SSSR count). The van der Waals surface area contributed by atoms with Crippen molar-refractivity contribution in [2.45, 2.75) is 38.9 Å². The third-order valence-electron chi connectivity index (χ3n) is 3.99. The van der Waals surface area contributed by atoms with E-state index in [1.54, 1.807) is 6.07 Å². The molecule has 7 heteroatoms. The topological polar surface area (TPSA) is 59.6 Å². The van der Waals surface area contributed by atoms with Gasteiger partial charge in [-0.25, -0.2) is 9.18 Å². The van der Waals surface area contributed by atoms with Crippen molar-refractivity contribution in [2.24, 2.45) is 0 Å². The molecule has 2 amide bonds. The largest absolute Gasteiger partial charge is 0.494 e. The van der Waals surface area contributed by atoms with E-state index in [0.717, 1.165) is 0 Å². The van der Waals surface area contributed by atoms with Crippen molar-refractivity contribution in [3.63, 3.8) is 0 Å². The summed E-state index contributed by atoms with van der Waals surface area (Å²) in [5, 5.41) is 4.77. The van der Waals surface area contributed by atoms with Gasteiger partial charge in [-0.2, -0.15) is 0 Å². The molecule has 0 spiro atoms. The van der Waals surface area contributed by atoms with Gasteiger partial charge in [-0.15, -0.1) is 0 Å². The third kappa shape index (κ3) is 3.03. The number of amides is 2. The predicted octanol–water partition coefficient (Wildman–Crippen LogP) is 1.88. The summed E-state index contributed by atoms with van der Waals surface area (Å²) in [6.45, 7) is 7.74. The van der Waals surface area contributed by atoms with Gasteiger partial charge < -0.3 is 19.9 Å². The summed E-state index contributed by atoms with van der Waals surface area (Å²) < 4.78 is 25.7. The monoisotopic (exact) mass is 294 g/mol. The van der Waals surface area contributed by atoms with Crippen molar-refractivity contribution in [3.05, 3.63) is 24.0 Å². The first kappa shape index (κ1) is 15.8. The second-order valence-electron chi connectivity index (χ2n) is 6.03. The van der Waals surface area contributed by atoms with Crippen LogP contribution < -0.4 is 16.1 Å². The Morgan fingerprint density at radius 3 is 2.24 bits per heavy atom. The molecule has 0 saturated carbocycles. The van der Waals surface area contributed by atoms with Crippen molar-refractivity contribution >= 4 is 24.3 Å². The zero-order valence-corrected chi connectivity index (χ0v) is 12.9. The second kappa shape index (κ2) is 5.31. The van der Waals surface area contributed by atoms with E-state index in [1.807, 2.05) is 27.7 Å². The van der Waals surface area contributed by atoms with Crippen LogP contribution in [0.15, 0.2) is 18.2 Å². The number of carbonyl (C=O) groups excluding carboxylic acids is 1. The van der Waals surface area contributed by atoms with Gasteiger partial charge in [0, 0.05) is 7.05 Å². The molecule has 0 unspecified atom stereocenters. The Morgan fingerprint density at radius 1 is 1.19 bits per heavy atom. The molecule has 1 aliphatic heterocycles. The van der Waals surface area contributed by atoms with E-state index < -0.39 is 30.2 Å². The molecule has 1 heterocycles. The Kier molecular flexibility index (Phi) is 3.99. The molecule has 0 aromatic heterocycles.